The lowest BCUT2D eigenvalue weighted by Gasteiger charge is -2.29. The molecule has 1 fully saturated rings. The first-order chi connectivity index (χ1) is 15.2. The number of anilines is 1. The summed E-state index contributed by atoms with van der Waals surface area (Å²) in [5.41, 5.74) is 1.72. The van der Waals surface area contributed by atoms with Crippen LogP contribution in [0.5, 0.6) is 0 Å². The van der Waals surface area contributed by atoms with E-state index in [0.717, 1.165) is 22.6 Å². The number of amides is 5. The van der Waals surface area contributed by atoms with Crippen molar-refractivity contribution in [3.05, 3.63) is 64.7 Å². The molecule has 32 heavy (non-hydrogen) atoms. The Morgan fingerprint density at radius 1 is 1.12 bits per heavy atom. The first-order valence-electron chi connectivity index (χ1n) is 9.96. The Balaban J connectivity index is 1.50. The summed E-state index contributed by atoms with van der Waals surface area (Å²) < 4.78 is 26.7. The molecule has 1 atom stereocenters. The highest BCUT2D eigenvalue weighted by Gasteiger charge is 2.36. The van der Waals surface area contributed by atoms with Crippen LogP contribution < -0.4 is 10.6 Å². The maximum atomic E-state index is 13.4. The fourth-order valence-electron chi connectivity index (χ4n) is 4.00. The Hall–Kier alpha value is -3.66. The summed E-state index contributed by atoms with van der Waals surface area (Å²) in [6.07, 6.45) is 0.646. The number of carbonyl (C=O) groups excluding carboxylic acids is 4. The molecular weight excluding hydrogens is 422 g/mol. The van der Waals surface area contributed by atoms with Gasteiger partial charge in [0, 0.05) is 43.9 Å². The number of imide groups is 2. The molecule has 0 bridgehead atoms. The Morgan fingerprint density at radius 2 is 1.84 bits per heavy atom. The first kappa shape index (κ1) is 21.6. The van der Waals surface area contributed by atoms with Crippen molar-refractivity contribution in [1.29, 1.82) is 0 Å². The topological polar surface area (TPSA) is 98.8 Å². The number of nitrogens with one attached hydrogen (secondary N) is 2. The van der Waals surface area contributed by atoms with Crippen molar-refractivity contribution in [2.75, 3.05) is 12.4 Å². The van der Waals surface area contributed by atoms with Crippen LogP contribution in [0.1, 0.15) is 34.3 Å². The van der Waals surface area contributed by atoms with Gasteiger partial charge in [0.25, 0.3) is 5.91 Å². The number of nitrogens with zero attached hydrogens (tertiary/aromatic N) is 2. The molecule has 10 heteroatoms. The number of piperidine rings is 1. The zero-order valence-electron chi connectivity index (χ0n) is 17.2. The molecule has 2 aliphatic rings. The summed E-state index contributed by atoms with van der Waals surface area (Å²) >= 11 is 0. The molecular formula is C22H20F2N4O4. The summed E-state index contributed by atoms with van der Waals surface area (Å²) in [5, 5.41) is 4.64. The van der Waals surface area contributed by atoms with Crippen LogP contribution in [0.15, 0.2) is 36.4 Å². The quantitative estimate of drug-likeness (QED) is 0.712. The Kier molecular flexibility index (Phi) is 5.70. The average Bonchev–Trinajstić information content (AvgIpc) is 3.15. The maximum absolute atomic E-state index is 13.4. The van der Waals surface area contributed by atoms with Crippen LogP contribution in [0, 0.1) is 11.6 Å². The van der Waals surface area contributed by atoms with Crippen molar-refractivity contribution in [3.63, 3.8) is 0 Å². The van der Waals surface area contributed by atoms with Crippen LogP contribution in [-0.2, 0) is 22.7 Å². The van der Waals surface area contributed by atoms with Gasteiger partial charge < -0.3 is 5.32 Å². The molecule has 0 saturated carbocycles. The van der Waals surface area contributed by atoms with E-state index in [-0.39, 0.29) is 23.9 Å². The third kappa shape index (κ3) is 4.22. The van der Waals surface area contributed by atoms with E-state index in [1.165, 1.54) is 7.05 Å². The van der Waals surface area contributed by atoms with Crippen LogP contribution in [0.4, 0.5) is 19.3 Å². The highest BCUT2D eigenvalue weighted by molar-refractivity contribution is 6.08. The minimum Gasteiger partial charge on any atom is -0.307 e. The van der Waals surface area contributed by atoms with Crippen molar-refractivity contribution in [3.8, 4) is 0 Å². The van der Waals surface area contributed by atoms with Gasteiger partial charge in [0.15, 0.2) is 0 Å². The third-order valence-electron chi connectivity index (χ3n) is 5.61. The number of benzene rings is 2. The molecule has 2 N–H and O–H groups in total. The summed E-state index contributed by atoms with van der Waals surface area (Å²) in [6.45, 7) is 0.745. The monoisotopic (exact) mass is 442 g/mol. The highest BCUT2D eigenvalue weighted by atomic mass is 19.1. The van der Waals surface area contributed by atoms with E-state index in [9.17, 15) is 28.0 Å². The molecule has 1 unspecified atom stereocenters. The lowest BCUT2D eigenvalue weighted by molar-refractivity contribution is -0.137. The fourth-order valence-corrected chi connectivity index (χ4v) is 4.00. The second kappa shape index (κ2) is 8.46. The van der Waals surface area contributed by atoms with Gasteiger partial charge in [-0.2, -0.15) is 0 Å². The van der Waals surface area contributed by atoms with Crippen LogP contribution >= 0.6 is 0 Å². The van der Waals surface area contributed by atoms with E-state index in [1.807, 2.05) is 11.0 Å². The molecule has 2 aromatic rings. The molecule has 0 aromatic heterocycles. The number of rotatable bonds is 3. The number of urea groups is 1. The van der Waals surface area contributed by atoms with Crippen molar-refractivity contribution in [2.45, 2.75) is 32.0 Å². The second-order valence-electron chi connectivity index (χ2n) is 7.77. The molecule has 2 aromatic carbocycles. The molecule has 166 valence electrons. The fraction of sp³-hybridized carbons (Fsp3) is 0.273. The van der Waals surface area contributed by atoms with E-state index >= 15 is 0 Å². The lowest BCUT2D eigenvalue weighted by Crippen LogP contribution is -2.50. The van der Waals surface area contributed by atoms with Gasteiger partial charge in [-0.05, 0) is 35.7 Å². The van der Waals surface area contributed by atoms with Gasteiger partial charge in [-0.1, -0.05) is 12.1 Å². The molecule has 1 saturated heterocycles. The maximum Gasteiger partial charge on any atom is 0.328 e. The largest absolute Gasteiger partial charge is 0.328 e. The molecule has 8 nitrogen and oxygen atoms in total. The van der Waals surface area contributed by atoms with E-state index < -0.39 is 29.6 Å². The average molecular weight is 442 g/mol. The Morgan fingerprint density at radius 3 is 2.53 bits per heavy atom. The number of hydrogen-bond acceptors (Lipinski definition) is 5. The van der Waals surface area contributed by atoms with Gasteiger partial charge in [-0.25, -0.2) is 13.6 Å². The van der Waals surface area contributed by atoms with Crippen LogP contribution in [0.2, 0.25) is 0 Å². The van der Waals surface area contributed by atoms with Gasteiger partial charge in [0.05, 0.1) is 6.04 Å². The van der Waals surface area contributed by atoms with Crippen molar-refractivity contribution >= 4 is 29.4 Å². The van der Waals surface area contributed by atoms with Crippen molar-refractivity contribution in [1.82, 2.24) is 15.1 Å². The minimum absolute atomic E-state index is 0.116. The van der Waals surface area contributed by atoms with Crippen LogP contribution in [0.3, 0.4) is 0 Å². The minimum atomic E-state index is -0.858. The zero-order chi connectivity index (χ0) is 23.0. The summed E-state index contributed by atoms with van der Waals surface area (Å²) in [4.78, 5) is 51.9. The zero-order valence-corrected chi connectivity index (χ0v) is 17.2. The van der Waals surface area contributed by atoms with Gasteiger partial charge >= 0.3 is 6.03 Å². The SMILES string of the molecule is CN(C(=O)Nc1cc(F)cc(F)c1)C(=O)c1cccc2c1CN(C1CCC(=O)NC1=O)C2. The Bertz CT molecular complexity index is 1120. The number of fused-ring (bicyclic) bond motifs is 1. The van der Waals surface area contributed by atoms with Crippen LogP contribution in [0.25, 0.3) is 0 Å². The van der Waals surface area contributed by atoms with E-state index in [4.69, 9.17) is 0 Å². The number of carbonyl (C=O) groups is 4. The van der Waals surface area contributed by atoms with Gasteiger partial charge in [-0.15, -0.1) is 0 Å². The van der Waals surface area contributed by atoms with Crippen molar-refractivity contribution in [2.24, 2.45) is 0 Å². The second-order valence-corrected chi connectivity index (χ2v) is 7.77. The standard InChI is InChI=1S/C22H20F2N4O4/c1-27(22(32)25-15-8-13(23)7-14(24)9-15)21(31)16-4-2-3-12-10-28(11-17(12)16)18-5-6-19(29)26-20(18)30/h2-4,7-9,18H,5-6,10-11H2,1H3,(H,25,32)(H,26,29,30). The third-order valence-corrected chi connectivity index (χ3v) is 5.61. The summed E-state index contributed by atoms with van der Waals surface area (Å²) in [6, 6.07) is 6.34. The predicted octanol–water partition coefficient (Wildman–Crippen LogP) is 2.39. The van der Waals surface area contributed by atoms with Gasteiger partial charge in [0.2, 0.25) is 11.8 Å². The molecule has 2 heterocycles. The smallest absolute Gasteiger partial charge is 0.307 e. The number of hydrogen-bond donors (Lipinski definition) is 2. The van der Waals surface area contributed by atoms with E-state index in [2.05, 4.69) is 10.6 Å². The Labute approximate surface area is 182 Å². The molecule has 0 radical (unpaired) electrons. The molecule has 2 aliphatic heterocycles. The van der Waals surface area contributed by atoms with E-state index in [1.54, 1.807) is 12.1 Å². The van der Waals surface area contributed by atoms with E-state index in [0.29, 0.717) is 36.7 Å². The molecule has 0 spiro atoms. The summed E-state index contributed by atoms with van der Waals surface area (Å²) in [5.74, 6) is -2.97. The van der Waals surface area contributed by atoms with Gasteiger partial charge in [0.1, 0.15) is 11.6 Å². The lowest BCUT2D eigenvalue weighted by atomic mass is 10.0. The van der Waals surface area contributed by atoms with Gasteiger partial charge in [-0.3, -0.25) is 29.5 Å². The molecule has 5 amide bonds. The first-order valence-corrected chi connectivity index (χ1v) is 9.96. The normalized spacial score (nSPS) is 18.2. The van der Waals surface area contributed by atoms with Crippen molar-refractivity contribution < 1.29 is 28.0 Å². The number of halogens is 2. The summed E-state index contributed by atoms with van der Waals surface area (Å²) in [7, 11) is 1.26. The highest BCUT2D eigenvalue weighted by Crippen LogP contribution is 2.30. The van der Waals surface area contributed by atoms with Crippen LogP contribution in [-0.4, -0.2) is 46.6 Å². The molecule has 4 rings (SSSR count). The predicted molar refractivity (Wildman–Crippen MR) is 109 cm³/mol. The molecule has 0 aliphatic carbocycles.